The van der Waals surface area contributed by atoms with Crippen LogP contribution in [0.5, 0.6) is 0 Å². The molecule has 2 fully saturated rings. The Balaban J connectivity index is 1.19. The second-order valence-electron chi connectivity index (χ2n) is 13.8. The molecule has 2 saturated carbocycles. The van der Waals surface area contributed by atoms with E-state index < -0.39 is 19.5 Å². The van der Waals surface area contributed by atoms with E-state index in [0.29, 0.717) is 35.1 Å². The lowest BCUT2D eigenvalue weighted by Gasteiger charge is -2.31. The average molecular weight is 711 g/mol. The van der Waals surface area contributed by atoms with Crippen LogP contribution in [-0.2, 0) is 8.85 Å². The Labute approximate surface area is 302 Å². The summed E-state index contributed by atoms with van der Waals surface area (Å²) in [5.74, 6) is 3.04. The van der Waals surface area contributed by atoms with Crippen molar-refractivity contribution in [2.45, 2.75) is 99.3 Å². The standard InChI is InChI=1S/C42H54O2S2Si2/c1-7-19-33(20-8-1)39(41(35-23-11-3-12-24-35)47-43-37-27-15-5-16-28-37)31-45-46-32-40(34-21-9-2-10-22-34)42(36-25-13-4-14-26-36)48-44-38-29-17-6-18-30-38/h1-4,7-14,19-26,37-42H,5-6,15-18,27-32,47-48H2. The van der Waals surface area contributed by atoms with Crippen LogP contribution in [0, 0.1) is 0 Å². The van der Waals surface area contributed by atoms with Crippen molar-refractivity contribution >= 4 is 41.1 Å². The third-order valence-electron chi connectivity index (χ3n) is 10.6. The third-order valence-corrected chi connectivity index (χ3v) is 17.2. The predicted octanol–water partition coefficient (Wildman–Crippen LogP) is 10.3. The van der Waals surface area contributed by atoms with Gasteiger partial charge in [-0.2, -0.15) is 0 Å². The first kappa shape index (κ1) is 35.7. The van der Waals surface area contributed by atoms with Crippen molar-refractivity contribution in [3.63, 3.8) is 0 Å². The summed E-state index contributed by atoms with van der Waals surface area (Å²) >= 11 is 0. The van der Waals surface area contributed by atoms with Crippen LogP contribution < -0.4 is 0 Å². The topological polar surface area (TPSA) is 18.5 Å². The molecule has 0 saturated heterocycles. The Bertz CT molecular complexity index is 1310. The maximum atomic E-state index is 6.88. The van der Waals surface area contributed by atoms with E-state index in [1.165, 1.54) is 86.5 Å². The summed E-state index contributed by atoms with van der Waals surface area (Å²) < 4.78 is 13.8. The molecule has 254 valence electrons. The van der Waals surface area contributed by atoms with Crippen LogP contribution in [0.3, 0.4) is 0 Å². The zero-order valence-electron chi connectivity index (χ0n) is 28.5. The van der Waals surface area contributed by atoms with E-state index in [9.17, 15) is 0 Å². The Hall–Kier alpha value is -2.07. The molecule has 4 unspecified atom stereocenters. The number of benzene rings is 4. The SMILES string of the molecule is c1ccc(C(CSSCC(c2ccccc2)C([SiH2]OC2CCCCC2)c2ccccc2)C([SiH2]OC2CCCCC2)c2ccccc2)cc1. The van der Waals surface area contributed by atoms with E-state index in [4.69, 9.17) is 8.85 Å². The highest BCUT2D eigenvalue weighted by molar-refractivity contribution is 8.76. The maximum Gasteiger partial charge on any atom is 0.169 e. The van der Waals surface area contributed by atoms with Crippen LogP contribution in [0.15, 0.2) is 121 Å². The lowest BCUT2D eigenvalue weighted by Crippen LogP contribution is -2.27. The summed E-state index contributed by atoms with van der Waals surface area (Å²) in [4.78, 5) is 0. The molecule has 2 aliphatic carbocycles. The zero-order valence-corrected chi connectivity index (χ0v) is 33.0. The van der Waals surface area contributed by atoms with Crippen molar-refractivity contribution in [1.29, 1.82) is 0 Å². The van der Waals surface area contributed by atoms with E-state index in [-0.39, 0.29) is 0 Å². The first-order valence-corrected chi connectivity index (χ1v) is 23.8. The molecule has 6 rings (SSSR count). The summed E-state index contributed by atoms with van der Waals surface area (Å²) in [6.45, 7) is 0. The van der Waals surface area contributed by atoms with Crippen molar-refractivity contribution in [3.05, 3.63) is 144 Å². The van der Waals surface area contributed by atoms with Crippen LogP contribution in [0.1, 0.15) is 109 Å². The Kier molecular flexibility index (Phi) is 14.9. The van der Waals surface area contributed by atoms with Crippen molar-refractivity contribution in [2.24, 2.45) is 0 Å². The van der Waals surface area contributed by atoms with Gasteiger partial charge in [0.15, 0.2) is 19.5 Å². The maximum absolute atomic E-state index is 6.88. The van der Waals surface area contributed by atoms with Gasteiger partial charge in [0.05, 0.1) is 0 Å². The van der Waals surface area contributed by atoms with Crippen LogP contribution in [0.2, 0.25) is 0 Å². The van der Waals surface area contributed by atoms with E-state index in [1.807, 2.05) is 0 Å². The van der Waals surface area contributed by atoms with Gasteiger partial charge in [0, 0.05) is 34.8 Å². The highest BCUT2D eigenvalue weighted by Gasteiger charge is 2.30. The molecule has 4 atom stereocenters. The molecule has 0 aliphatic heterocycles. The lowest BCUT2D eigenvalue weighted by molar-refractivity contribution is 0.158. The second-order valence-corrected chi connectivity index (χ2v) is 19.5. The van der Waals surface area contributed by atoms with Gasteiger partial charge >= 0.3 is 0 Å². The molecule has 0 heterocycles. The van der Waals surface area contributed by atoms with E-state index in [2.05, 4.69) is 143 Å². The van der Waals surface area contributed by atoms with Gasteiger partial charge in [-0.05, 0) is 59.8 Å². The minimum absolute atomic E-state index is 0.436. The number of hydrogen-bond donors (Lipinski definition) is 0. The molecular weight excluding hydrogens is 657 g/mol. The van der Waals surface area contributed by atoms with Gasteiger partial charge in [0.2, 0.25) is 0 Å². The quantitative estimate of drug-likeness (QED) is 0.0617. The number of rotatable bonds is 17. The molecule has 0 radical (unpaired) electrons. The summed E-state index contributed by atoms with van der Waals surface area (Å²) in [6, 6.07) is 45.2. The molecule has 4 aromatic carbocycles. The second kappa shape index (κ2) is 20.0. The van der Waals surface area contributed by atoms with E-state index in [0.717, 1.165) is 11.5 Å². The average Bonchev–Trinajstić information content (AvgIpc) is 3.17. The predicted molar refractivity (Wildman–Crippen MR) is 215 cm³/mol. The molecule has 2 aliphatic rings. The van der Waals surface area contributed by atoms with Crippen molar-refractivity contribution in [2.75, 3.05) is 11.5 Å². The van der Waals surface area contributed by atoms with Gasteiger partial charge in [-0.3, -0.25) is 0 Å². The van der Waals surface area contributed by atoms with Crippen LogP contribution in [0.25, 0.3) is 0 Å². The molecule has 0 bridgehead atoms. The first-order chi connectivity index (χ1) is 23.8. The van der Waals surface area contributed by atoms with Crippen molar-refractivity contribution in [1.82, 2.24) is 0 Å². The molecule has 0 aromatic heterocycles. The molecule has 0 spiro atoms. The van der Waals surface area contributed by atoms with Gasteiger partial charge in [0.25, 0.3) is 0 Å². The highest BCUT2D eigenvalue weighted by Crippen LogP contribution is 2.43. The smallest absolute Gasteiger partial charge is 0.169 e. The molecule has 48 heavy (non-hydrogen) atoms. The fourth-order valence-corrected chi connectivity index (χ4v) is 14.9. The van der Waals surface area contributed by atoms with Gasteiger partial charge in [-0.25, -0.2) is 0 Å². The molecule has 4 aromatic rings. The molecule has 0 N–H and O–H groups in total. The third kappa shape index (κ3) is 10.7. The molecule has 2 nitrogen and oxygen atoms in total. The minimum Gasteiger partial charge on any atom is -0.420 e. The summed E-state index contributed by atoms with van der Waals surface area (Å²) in [5, 5.41) is 0. The fraction of sp³-hybridized carbons (Fsp3) is 0.429. The normalized spacial score (nSPS) is 19.1. The minimum atomic E-state index is -0.799. The van der Waals surface area contributed by atoms with E-state index >= 15 is 0 Å². The zero-order chi connectivity index (χ0) is 32.6. The largest absolute Gasteiger partial charge is 0.420 e. The van der Waals surface area contributed by atoms with Crippen molar-refractivity contribution in [3.8, 4) is 0 Å². The lowest BCUT2D eigenvalue weighted by atomic mass is 9.93. The van der Waals surface area contributed by atoms with Crippen LogP contribution in [-0.4, -0.2) is 43.2 Å². The van der Waals surface area contributed by atoms with Gasteiger partial charge in [-0.15, -0.1) is 0 Å². The van der Waals surface area contributed by atoms with Crippen LogP contribution >= 0.6 is 21.6 Å². The fourth-order valence-electron chi connectivity index (χ4n) is 7.77. The first-order valence-electron chi connectivity index (χ1n) is 18.5. The van der Waals surface area contributed by atoms with Crippen LogP contribution in [0.4, 0.5) is 0 Å². The summed E-state index contributed by atoms with van der Waals surface area (Å²) in [7, 11) is 2.56. The Morgan fingerprint density at radius 1 is 0.438 bits per heavy atom. The highest BCUT2D eigenvalue weighted by atomic mass is 33.1. The van der Waals surface area contributed by atoms with Gasteiger partial charge < -0.3 is 8.85 Å². The van der Waals surface area contributed by atoms with Crippen molar-refractivity contribution < 1.29 is 8.85 Å². The molecule has 6 heteroatoms. The van der Waals surface area contributed by atoms with Gasteiger partial charge in [0.1, 0.15) is 0 Å². The molecule has 0 amide bonds. The Morgan fingerprint density at radius 2 is 0.750 bits per heavy atom. The number of hydrogen-bond acceptors (Lipinski definition) is 4. The summed E-state index contributed by atoms with van der Waals surface area (Å²) in [5.41, 5.74) is 6.74. The summed E-state index contributed by atoms with van der Waals surface area (Å²) in [6.07, 6.45) is 13.9. The Morgan fingerprint density at radius 3 is 1.08 bits per heavy atom. The molecular formula is C42H54O2S2Si2. The van der Waals surface area contributed by atoms with Gasteiger partial charge in [-0.1, -0.05) is 181 Å². The monoisotopic (exact) mass is 710 g/mol. The van der Waals surface area contributed by atoms with E-state index in [1.54, 1.807) is 0 Å².